The summed E-state index contributed by atoms with van der Waals surface area (Å²) in [6.07, 6.45) is 0.317. The van der Waals surface area contributed by atoms with Crippen LogP contribution in [0.5, 0.6) is 0 Å². The first-order chi connectivity index (χ1) is 11.0. The van der Waals surface area contributed by atoms with Gasteiger partial charge in [0.2, 0.25) is 0 Å². The lowest BCUT2D eigenvalue weighted by Gasteiger charge is -2.26. The minimum absolute atomic E-state index is 0.421. The van der Waals surface area contributed by atoms with E-state index in [0.717, 1.165) is 23.1 Å². The molecule has 0 atom stereocenters. The monoisotopic (exact) mass is 312 g/mol. The van der Waals surface area contributed by atoms with Crippen molar-refractivity contribution >= 4 is 6.09 Å². The third kappa shape index (κ3) is 4.83. The van der Waals surface area contributed by atoms with Crippen LogP contribution >= 0.6 is 0 Å². The van der Waals surface area contributed by atoms with E-state index in [1.807, 2.05) is 56.3 Å². The second-order valence-corrected chi connectivity index (χ2v) is 5.91. The summed E-state index contributed by atoms with van der Waals surface area (Å²) in [5, 5.41) is 2.71. The van der Waals surface area contributed by atoms with Gasteiger partial charge < -0.3 is 15.8 Å². The van der Waals surface area contributed by atoms with E-state index in [0.29, 0.717) is 13.1 Å². The molecule has 0 unspecified atom stereocenters. The number of carbonyl (C=O) groups is 1. The van der Waals surface area contributed by atoms with Crippen molar-refractivity contribution in [2.75, 3.05) is 13.1 Å². The summed E-state index contributed by atoms with van der Waals surface area (Å²) >= 11 is 0. The first kappa shape index (κ1) is 17.0. The highest BCUT2D eigenvalue weighted by Gasteiger charge is 2.25. The van der Waals surface area contributed by atoms with Crippen molar-refractivity contribution in [3.05, 3.63) is 60.2 Å². The standard InChI is InChI=1S/C19H24N2O2/c1-19(2,23-18(22)21-14-6-13-20)17-11-9-16(10-12-17)15-7-4-3-5-8-15/h3-5,7-12H,6,13-14,20H2,1-2H3,(H,21,22). The normalized spacial score (nSPS) is 11.1. The van der Waals surface area contributed by atoms with E-state index in [-0.39, 0.29) is 0 Å². The van der Waals surface area contributed by atoms with Gasteiger partial charge in [0.15, 0.2) is 0 Å². The Labute approximate surface area is 137 Å². The second-order valence-electron chi connectivity index (χ2n) is 5.91. The van der Waals surface area contributed by atoms with Gasteiger partial charge in [-0.05, 0) is 43.5 Å². The molecule has 2 aromatic rings. The summed E-state index contributed by atoms with van der Waals surface area (Å²) in [6, 6.07) is 18.3. The zero-order chi connectivity index (χ0) is 16.7. The maximum atomic E-state index is 11.8. The van der Waals surface area contributed by atoms with Crippen molar-refractivity contribution in [1.29, 1.82) is 0 Å². The molecule has 4 heteroatoms. The van der Waals surface area contributed by atoms with E-state index in [1.54, 1.807) is 0 Å². The van der Waals surface area contributed by atoms with Gasteiger partial charge in [-0.25, -0.2) is 4.79 Å². The van der Waals surface area contributed by atoms with E-state index in [2.05, 4.69) is 17.4 Å². The van der Waals surface area contributed by atoms with Gasteiger partial charge in [-0.1, -0.05) is 54.6 Å². The lowest BCUT2D eigenvalue weighted by atomic mass is 9.95. The van der Waals surface area contributed by atoms with Crippen LogP contribution < -0.4 is 11.1 Å². The van der Waals surface area contributed by atoms with Crippen LogP contribution in [0.1, 0.15) is 25.8 Å². The molecule has 0 aliphatic carbocycles. The van der Waals surface area contributed by atoms with E-state index >= 15 is 0 Å². The van der Waals surface area contributed by atoms with Gasteiger partial charge in [0, 0.05) is 6.54 Å². The van der Waals surface area contributed by atoms with Crippen LogP contribution in [0.3, 0.4) is 0 Å². The Hall–Kier alpha value is -2.33. The molecule has 0 saturated heterocycles. The van der Waals surface area contributed by atoms with Crippen molar-refractivity contribution in [2.45, 2.75) is 25.9 Å². The minimum atomic E-state index is -0.692. The summed E-state index contributed by atoms with van der Waals surface area (Å²) in [5.41, 5.74) is 7.96. The lowest BCUT2D eigenvalue weighted by molar-refractivity contribution is 0.0365. The number of hydrogen-bond donors (Lipinski definition) is 2. The Morgan fingerprint density at radius 1 is 1.04 bits per heavy atom. The van der Waals surface area contributed by atoms with Gasteiger partial charge in [-0.2, -0.15) is 0 Å². The van der Waals surface area contributed by atoms with Gasteiger partial charge in [0.1, 0.15) is 5.60 Å². The fourth-order valence-corrected chi connectivity index (χ4v) is 2.31. The lowest BCUT2D eigenvalue weighted by Crippen LogP contribution is -2.34. The molecule has 4 nitrogen and oxygen atoms in total. The highest BCUT2D eigenvalue weighted by Crippen LogP contribution is 2.27. The first-order valence-electron chi connectivity index (χ1n) is 7.86. The summed E-state index contributed by atoms with van der Waals surface area (Å²) in [6.45, 7) is 4.84. The van der Waals surface area contributed by atoms with E-state index < -0.39 is 11.7 Å². The highest BCUT2D eigenvalue weighted by atomic mass is 16.6. The Morgan fingerprint density at radius 3 is 2.26 bits per heavy atom. The zero-order valence-electron chi connectivity index (χ0n) is 13.7. The SMILES string of the molecule is CC(C)(OC(=O)NCCCN)c1ccc(-c2ccccc2)cc1. The van der Waals surface area contributed by atoms with E-state index in [1.165, 1.54) is 0 Å². The molecule has 0 aromatic heterocycles. The number of hydrogen-bond acceptors (Lipinski definition) is 3. The maximum Gasteiger partial charge on any atom is 0.408 e. The van der Waals surface area contributed by atoms with Gasteiger partial charge >= 0.3 is 6.09 Å². The number of amides is 1. The van der Waals surface area contributed by atoms with Crippen LogP contribution in [0.4, 0.5) is 4.79 Å². The summed E-state index contributed by atoms with van der Waals surface area (Å²) < 4.78 is 5.53. The van der Waals surface area contributed by atoms with Crippen LogP contribution in [-0.4, -0.2) is 19.2 Å². The van der Waals surface area contributed by atoms with Crippen molar-refractivity contribution in [2.24, 2.45) is 5.73 Å². The molecule has 0 aliphatic rings. The van der Waals surface area contributed by atoms with E-state index in [4.69, 9.17) is 10.5 Å². The molecule has 122 valence electrons. The van der Waals surface area contributed by atoms with E-state index in [9.17, 15) is 4.79 Å². The van der Waals surface area contributed by atoms with Crippen LogP contribution in [0.15, 0.2) is 54.6 Å². The smallest absolute Gasteiger partial charge is 0.408 e. The largest absolute Gasteiger partial charge is 0.439 e. The fourth-order valence-electron chi connectivity index (χ4n) is 2.31. The van der Waals surface area contributed by atoms with Crippen LogP contribution in [0, 0.1) is 0 Å². The van der Waals surface area contributed by atoms with Crippen LogP contribution in [0.25, 0.3) is 11.1 Å². The molecule has 0 fully saturated rings. The summed E-state index contributed by atoms with van der Waals surface area (Å²) in [5.74, 6) is 0. The van der Waals surface area contributed by atoms with Crippen molar-refractivity contribution in [3.63, 3.8) is 0 Å². The number of rotatable bonds is 6. The molecule has 0 aliphatic heterocycles. The molecule has 2 rings (SSSR count). The predicted octanol–water partition coefficient (Wildman–Crippen LogP) is 3.66. The second kappa shape index (κ2) is 7.79. The molecule has 0 heterocycles. The Bertz CT molecular complexity index is 622. The highest BCUT2D eigenvalue weighted by molar-refractivity contribution is 5.68. The average molecular weight is 312 g/mol. The first-order valence-corrected chi connectivity index (χ1v) is 7.86. The Kier molecular flexibility index (Phi) is 5.77. The van der Waals surface area contributed by atoms with Crippen molar-refractivity contribution in [1.82, 2.24) is 5.32 Å². The molecular formula is C19H24N2O2. The quantitative estimate of drug-likeness (QED) is 0.800. The molecule has 3 N–H and O–H groups in total. The van der Waals surface area contributed by atoms with Crippen molar-refractivity contribution in [3.8, 4) is 11.1 Å². The molecule has 23 heavy (non-hydrogen) atoms. The number of ether oxygens (including phenoxy) is 1. The third-order valence-electron chi connectivity index (χ3n) is 3.69. The number of carbonyl (C=O) groups excluding carboxylic acids is 1. The molecule has 0 radical (unpaired) electrons. The molecular weight excluding hydrogens is 288 g/mol. The molecule has 0 spiro atoms. The minimum Gasteiger partial charge on any atom is -0.439 e. The average Bonchev–Trinajstić information content (AvgIpc) is 2.55. The van der Waals surface area contributed by atoms with Crippen molar-refractivity contribution < 1.29 is 9.53 Å². The fraction of sp³-hybridized carbons (Fsp3) is 0.316. The van der Waals surface area contributed by atoms with Gasteiger partial charge in [0.25, 0.3) is 0 Å². The topological polar surface area (TPSA) is 64.3 Å². The number of alkyl carbamates (subject to hydrolysis) is 1. The maximum absolute atomic E-state index is 11.8. The predicted molar refractivity (Wildman–Crippen MR) is 93.1 cm³/mol. The number of benzene rings is 2. The van der Waals surface area contributed by atoms with Gasteiger partial charge in [-0.3, -0.25) is 0 Å². The van der Waals surface area contributed by atoms with Crippen LogP contribution in [0.2, 0.25) is 0 Å². The summed E-state index contributed by atoms with van der Waals surface area (Å²) in [7, 11) is 0. The zero-order valence-corrected chi connectivity index (χ0v) is 13.7. The number of nitrogens with one attached hydrogen (secondary N) is 1. The molecule has 1 amide bonds. The third-order valence-corrected chi connectivity index (χ3v) is 3.69. The van der Waals surface area contributed by atoms with Gasteiger partial charge in [0.05, 0.1) is 0 Å². The Morgan fingerprint density at radius 2 is 1.65 bits per heavy atom. The van der Waals surface area contributed by atoms with Gasteiger partial charge in [-0.15, -0.1) is 0 Å². The Balaban J connectivity index is 2.04. The molecule has 0 saturated carbocycles. The molecule has 2 aromatic carbocycles. The number of nitrogens with two attached hydrogens (primary N) is 1. The molecule has 0 bridgehead atoms. The van der Waals surface area contributed by atoms with Crippen LogP contribution in [-0.2, 0) is 10.3 Å². The summed E-state index contributed by atoms with van der Waals surface area (Å²) in [4.78, 5) is 11.8.